The van der Waals surface area contributed by atoms with Gasteiger partial charge in [0.15, 0.2) is 0 Å². The van der Waals surface area contributed by atoms with Gasteiger partial charge in [-0.25, -0.2) is 4.79 Å². The summed E-state index contributed by atoms with van der Waals surface area (Å²) in [6.07, 6.45) is 5.17. The molecule has 0 radical (unpaired) electrons. The van der Waals surface area contributed by atoms with E-state index < -0.39 is 5.60 Å². The van der Waals surface area contributed by atoms with E-state index in [1.165, 1.54) is 17.7 Å². The predicted molar refractivity (Wildman–Crippen MR) is 84.4 cm³/mol. The van der Waals surface area contributed by atoms with Crippen molar-refractivity contribution >= 4 is 17.4 Å². The maximum Gasteiger partial charge on any atom is 0.407 e. The lowest BCUT2D eigenvalue weighted by Gasteiger charge is -2.35. The topological polar surface area (TPSA) is 54.5 Å². The minimum atomic E-state index is -0.445. The van der Waals surface area contributed by atoms with E-state index in [4.69, 9.17) is 4.74 Å². The molecule has 1 aliphatic heterocycles. The molecule has 1 fully saturated rings. The summed E-state index contributed by atoms with van der Waals surface area (Å²) in [6, 6.07) is 0.383. The molecule has 0 bridgehead atoms. The molecule has 118 valence electrons. The van der Waals surface area contributed by atoms with Gasteiger partial charge in [0.25, 0.3) is 0 Å². The molecule has 0 saturated carbocycles. The Morgan fingerprint density at radius 2 is 2.33 bits per heavy atom. The lowest BCUT2D eigenvalue weighted by atomic mass is 10.0. The smallest absolute Gasteiger partial charge is 0.407 e. The number of nitrogens with zero attached hydrogens (tertiary/aromatic N) is 2. The number of aromatic nitrogens is 1. The van der Waals surface area contributed by atoms with Crippen LogP contribution in [0.5, 0.6) is 0 Å². The monoisotopic (exact) mass is 311 g/mol. The number of hydrogen-bond acceptors (Lipinski definition) is 5. The first-order valence-corrected chi connectivity index (χ1v) is 8.40. The normalized spacial score (nSPS) is 20.2. The van der Waals surface area contributed by atoms with Gasteiger partial charge >= 0.3 is 6.09 Å². The summed E-state index contributed by atoms with van der Waals surface area (Å²) >= 11 is 1.69. The van der Waals surface area contributed by atoms with Crippen molar-refractivity contribution in [2.75, 3.05) is 13.1 Å². The Kier molecular flexibility index (Phi) is 5.58. The first-order chi connectivity index (χ1) is 9.94. The van der Waals surface area contributed by atoms with Gasteiger partial charge in [0.1, 0.15) is 5.60 Å². The Morgan fingerprint density at radius 3 is 3.00 bits per heavy atom. The van der Waals surface area contributed by atoms with Crippen molar-refractivity contribution in [3.8, 4) is 0 Å². The minimum absolute atomic E-state index is 0.328. The average Bonchev–Trinajstić information content (AvgIpc) is 2.88. The van der Waals surface area contributed by atoms with Crippen molar-refractivity contribution in [2.45, 2.75) is 58.2 Å². The van der Waals surface area contributed by atoms with E-state index in [0.29, 0.717) is 12.6 Å². The number of hydrogen-bond donors (Lipinski definition) is 1. The molecule has 1 atom stereocenters. The van der Waals surface area contributed by atoms with Crippen LogP contribution in [0.25, 0.3) is 0 Å². The highest BCUT2D eigenvalue weighted by atomic mass is 32.1. The van der Waals surface area contributed by atoms with Gasteiger partial charge in [0, 0.05) is 30.2 Å². The van der Waals surface area contributed by atoms with E-state index in [1.54, 1.807) is 11.3 Å². The molecule has 6 heteroatoms. The third-order valence-electron chi connectivity index (χ3n) is 3.47. The van der Waals surface area contributed by atoms with Gasteiger partial charge in [0.2, 0.25) is 0 Å². The summed E-state index contributed by atoms with van der Waals surface area (Å²) in [4.78, 5) is 19.6. The first-order valence-electron chi connectivity index (χ1n) is 7.52. The van der Waals surface area contributed by atoms with E-state index in [2.05, 4.69) is 15.2 Å². The third-order valence-corrected chi connectivity index (χ3v) is 4.24. The molecule has 2 rings (SSSR count). The molecule has 1 N–H and O–H groups in total. The summed E-state index contributed by atoms with van der Waals surface area (Å²) in [6.45, 7) is 8.29. The van der Waals surface area contributed by atoms with Gasteiger partial charge in [0.05, 0.1) is 5.51 Å². The van der Waals surface area contributed by atoms with Crippen LogP contribution in [0.15, 0.2) is 11.7 Å². The Morgan fingerprint density at radius 1 is 1.52 bits per heavy atom. The number of rotatable bonds is 4. The van der Waals surface area contributed by atoms with Crippen molar-refractivity contribution in [3.63, 3.8) is 0 Å². The zero-order valence-corrected chi connectivity index (χ0v) is 13.9. The Bertz CT molecular complexity index is 442. The average molecular weight is 311 g/mol. The number of alkyl carbamates (subject to hydrolysis) is 1. The maximum atomic E-state index is 11.8. The molecule has 0 spiro atoms. The second kappa shape index (κ2) is 7.22. The zero-order valence-electron chi connectivity index (χ0n) is 13.1. The number of nitrogens with one attached hydrogen (secondary N) is 1. The van der Waals surface area contributed by atoms with Crippen LogP contribution in [0.4, 0.5) is 4.79 Å². The summed E-state index contributed by atoms with van der Waals surface area (Å²) in [5, 5.41) is 2.90. The molecule has 2 heterocycles. The molecule has 1 amide bonds. The Balaban J connectivity index is 1.83. The number of carbonyl (C=O) groups is 1. The van der Waals surface area contributed by atoms with Crippen LogP contribution in [0.2, 0.25) is 0 Å². The fourth-order valence-corrected chi connectivity index (χ4v) is 3.15. The van der Waals surface area contributed by atoms with E-state index in [-0.39, 0.29) is 6.09 Å². The molecule has 0 aliphatic carbocycles. The van der Waals surface area contributed by atoms with Crippen molar-refractivity contribution in [1.82, 2.24) is 15.2 Å². The molecule has 5 nitrogen and oxygen atoms in total. The van der Waals surface area contributed by atoms with E-state index in [1.807, 2.05) is 32.5 Å². The Labute approximate surface area is 130 Å². The van der Waals surface area contributed by atoms with Crippen LogP contribution in [0, 0.1) is 0 Å². The van der Waals surface area contributed by atoms with Gasteiger partial charge < -0.3 is 10.1 Å². The minimum Gasteiger partial charge on any atom is -0.444 e. The van der Waals surface area contributed by atoms with Gasteiger partial charge in [-0.05, 0) is 40.2 Å². The van der Waals surface area contributed by atoms with Gasteiger partial charge in [-0.1, -0.05) is 6.42 Å². The van der Waals surface area contributed by atoms with Crippen molar-refractivity contribution in [1.29, 1.82) is 0 Å². The summed E-state index contributed by atoms with van der Waals surface area (Å²) in [7, 11) is 0. The van der Waals surface area contributed by atoms with Crippen LogP contribution in [0.1, 0.15) is 44.9 Å². The quantitative estimate of drug-likeness (QED) is 0.928. The third kappa shape index (κ3) is 5.63. The van der Waals surface area contributed by atoms with Crippen LogP contribution < -0.4 is 5.32 Å². The summed E-state index contributed by atoms with van der Waals surface area (Å²) in [5.74, 6) is 0. The van der Waals surface area contributed by atoms with Crippen LogP contribution in [-0.4, -0.2) is 40.7 Å². The van der Waals surface area contributed by atoms with Crippen LogP contribution in [0.3, 0.4) is 0 Å². The maximum absolute atomic E-state index is 11.8. The fourth-order valence-electron chi connectivity index (χ4n) is 2.54. The standard InChI is InChI=1S/C15H25N3O2S/c1-15(2,3)20-14(19)17-8-12-6-4-5-7-18(12)10-13-9-16-11-21-13/h9,11-12H,4-8,10H2,1-3H3,(H,17,19)/t12-/m0/s1. The van der Waals surface area contributed by atoms with Crippen molar-refractivity contribution in [3.05, 3.63) is 16.6 Å². The SMILES string of the molecule is CC(C)(C)OC(=O)NC[C@@H]1CCCCN1Cc1cncs1. The lowest BCUT2D eigenvalue weighted by Crippen LogP contribution is -2.47. The molecule has 21 heavy (non-hydrogen) atoms. The number of piperidine rings is 1. The highest BCUT2D eigenvalue weighted by molar-refractivity contribution is 7.09. The molecule has 0 unspecified atom stereocenters. The van der Waals surface area contributed by atoms with Crippen molar-refractivity contribution in [2.24, 2.45) is 0 Å². The lowest BCUT2D eigenvalue weighted by molar-refractivity contribution is 0.0492. The Hall–Kier alpha value is -1.14. The highest BCUT2D eigenvalue weighted by Crippen LogP contribution is 2.20. The largest absolute Gasteiger partial charge is 0.444 e. The summed E-state index contributed by atoms with van der Waals surface area (Å²) in [5.41, 5.74) is 1.42. The predicted octanol–water partition coefficient (Wildman–Crippen LogP) is 3.02. The fraction of sp³-hybridized carbons (Fsp3) is 0.733. The molecule has 1 saturated heterocycles. The zero-order chi connectivity index (χ0) is 15.3. The number of thiazole rings is 1. The van der Waals surface area contributed by atoms with Gasteiger partial charge in [-0.15, -0.1) is 11.3 Å². The van der Waals surface area contributed by atoms with Crippen molar-refractivity contribution < 1.29 is 9.53 Å². The van der Waals surface area contributed by atoms with E-state index >= 15 is 0 Å². The van der Waals surface area contributed by atoms with Gasteiger partial charge in [-0.3, -0.25) is 9.88 Å². The summed E-state index contributed by atoms with van der Waals surface area (Å²) < 4.78 is 5.29. The number of ether oxygens (including phenoxy) is 1. The number of carbonyl (C=O) groups excluding carboxylic acids is 1. The van der Waals surface area contributed by atoms with Crippen LogP contribution >= 0.6 is 11.3 Å². The highest BCUT2D eigenvalue weighted by Gasteiger charge is 2.24. The molecule has 1 aliphatic rings. The molecule has 1 aromatic rings. The second-order valence-corrected chi connectivity index (χ2v) is 7.44. The van der Waals surface area contributed by atoms with Gasteiger partial charge in [-0.2, -0.15) is 0 Å². The molecule has 0 aromatic carbocycles. The number of likely N-dealkylation sites (tertiary alicyclic amines) is 1. The van der Waals surface area contributed by atoms with Crippen LogP contribution in [-0.2, 0) is 11.3 Å². The van der Waals surface area contributed by atoms with E-state index in [9.17, 15) is 4.79 Å². The molecular formula is C15H25N3O2S. The second-order valence-electron chi connectivity index (χ2n) is 6.47. The molecular weight excluding hydrogens is 286 g/mol. The first kappa shape index (κ1) is 16.2. The number of amides is 1. The van der Waals surface area contributed by atoms with E-state index in [0.717, 1.165) is 19.5 Å². The molecule has 1 aromatic heterocycles.